The lowest BCUT2D eigenvalue weighted by atomic mass is 10.1. The lowest BCUT2D eigenvalue weighted by Crippen LogP contribution is -2.09. The van der Waals surface area contributed by atoms with Gasteiger partial charge in [-0.3, -0.25) is 9.59 Å². The molecule has 0 heterocycles. The van der Waals surface area contributed by atoms with Crippen LogP contribution in [0.1, 0.15) is 12.0 Å². The lowest BCUT2D eigenvalue weighted by molar-refractivity contribution is -0.140. The van der Waals surface area contributed by atoms with Crippen molar-refractivity contribution in [3.63, 3.8) is 0 Å². The van der Waals surface area contributed by atoms with Crippen molar-refractivity contribution >= 4 is 11.8 Å². The van der Waals surface area contributed by atoms with Gasteiger partial charge in [0.25, 0.3) is 0 Å². The zero-order valence-corrected chi connectivity index (χ0v) is 7.37. The van der Waals surface area contributed by atoms with Gasteiger partial charge < -0.3 is 5.11 Å². The van der Waals surface area contributed by atoms with Crippen molar-refractivity contribution < 1.29 is 19.1 Å². The number of carbonyl (C=O) groups excluding carboxylic acids is 1. The summed E-state index contributed by atoms with van der Waals surface area (Å²) in [6.07, 6.45) is -0.555. The van der Waals surface area contributed by atoms with Crippen LogP contribution >= 0.6 is 0 Å². The third kappa shape index (κ3) is 3.35. The summed E-state index contributed by atoms with van der Waals surface area (Å²) >= 11 is 0. The highest BCUT2D eigenvalue weighted by molar-refractivity contribution is 5.95. The first kappa shape index (κ1) is 10.4. The average molecular weight is 196 g/mol. The summed E-state index contributed by atoms with van der Waals surface area (Å²) in [5, 5.41) is 8.32. The Kier molecular flexibility index (Phi) is 3.34. The predicted molar refractivity (Wildman–Crippen MR) is 47.4 cm³/mol. The van der Waals surface area contributed by atoms with Crippen molar-refractivity contribution in [1.29, 1.82) is 0 Å². The Morgan fingerprint density at radius 3 is 2.64 bits per heavy atom. The summed E-state index contributed by atoms with van der Waals surface area (Å²) in [5.41, 5.74) is 0.497. The molecule has 0 bridgehead atoms. The largest absolute Gasteiger partial charge is 0.481 e. The van der Waals surface area contributed by atoms with Crippen LogP contribution in [0.2, 0.25) is 0 Å². The molecule has 4 heteroatoms. The van der Waals surface area contributed by atoms with Crippen molar-refractivity contribution in [3.05, 3.63) is 35.6 Å². The molecule has 74 valence electrons. The van der Waals surface area contributed by atoms with E-state index >= 15 is 0 Å². The van der Waals surface area contributed by atoms with E-state index in [4.69, 9.17) is 5.11 Å². The number of aliphatic carboxylic acids is 1. The number of rotatable bonds is 4. The van der Waals surface area contributed by atoms with E-state index in [9.17, 15) is 14.0 Å². The van der Waals surface area contributed by atoms with Crippen LogP contribution in [0.4, 0.5) is 4.39 Å². The molecule has 1 N–H and O–H groups in total. The van der Waals surface area contributed by atoms with Crippen molar-refractivity contribution in [2.75, 3.05) is 0 Å². The van der Waals surface area contributed by atoms with E-state index in [-0.39, 0.29) is 6.42 Å². The van der Waals surface area contributed by atoms with Gasteiger partial charge in [-0.2, -0.15) is 0 Å². The van der Waals surface area contributed by atoms with E-state index in [0.29, 0.717) is 5.56 Å². The Labute approximate surface area is 80.2 Å². The topological polar surface area (TPSA) is 54.4 Å². The Morgan fingerprint density at radius 2 is 2.07 bits per heavy atom. The smallest absolute Gasteiger partial charge is 0.310 e. The Hall–Kier alpha value is -1.71. The van der Waals surface area contributed by atoms with Gasteiger partial charge in [-0.05, 0) is 17.7 Å². The number of carbonyl (C=O) groups is 2. The summed E-state index contributed by atoms with van der Waals surface area (Å²) in [5.74, 6) is -2.01. The van der Waals surface area contributed by atoms with E-state index in [0.717, 1.165) is 0 Å². The van der Waals surface area contributed by atoms with Gasteiger partial charge in [0, 0.05) is 6.42 Å². The number of benzene rings is 1. The molecule has 0 unspecified atom stereocenters. The van der Waals surface area contributed by atoms with Gasteiger partial charge in [-0.15, -0.1) is 0 Å². The maximum atomic E-state index is 12.7. The molecule has 0 atom stereocenters. The van der Waals surface area contributed by atoms with E-state index in [1.165, 1.54) is 18.2 Å². The zero-order valence-electron chi connectivity index (χ0n) is 7.37. The van der Waals surface area contributed by atoms with Gasteiger partial charge in [-0.1, -0.05) is 12.1 Å². The number of hydrogen-bond donors (Lipinski definition) is 1. The molecular weight excluding hydrogens is 187 g/mol. The quantitative estimate of drug-likeness (QED) is 0.741. The van der Waals surface area contributed by atoms with Crippen LogP contribution in [0, 0.1) is 5.82 Å². The highest BCUT2D eigenvalue weighted by atomic mass is 19.1. The first-order valence-electron chi connectivity index (χ1n) is 4.06. The standard InChI is InChI=1S/C10H9FO3/c11-8-3-1-2-7(4-8)5-9(12)6-10(13)14/h1-4H,5-6H2,(H,13,14). The van der Waals surface area contributed by atoms with E-state index in [1.807, 2.05) is 0 Å². The number of carboxylic acid groups (broad SMARTS) is 1. The van der Waals surface area contributed by atoms with Crippen molar-refractivity contribution in [2.45, 2.75) is 12.8 Å². The molecule has 0 aliphatic heterocycles. The molecule has 0 amide bonds. The number of halogens is 1. The molecule has 0 aliphatic carbocycles. The maximum Gasteiger partial charge on any atom is 0.310 e. The number of carboxylic acids is 1. The van der Waals surface area contributed by atoms with Crippen LogP contribution in [-0.4, -0.2) is 16.9 Å². The molecule has 0 spiro atoms. The highest BCUT2D eigenvalue weighted by Gasteiger charge is 2.08. The maximum absolute atomic E-state index is 12.7. The van der Waals surface area contributed by atoms with Crippen molar-refractivity contribution in [1.82, 2.24) is 0 Å². The first-order valence-corrected chi connectivity index (χ1v) is 4.06. The zero-order chi connectivity index (χ0) is 10.6. The summed E-state index contributed by atoms with van der Waals surface area (Å²) < 4.78 is 12.7. The molecule has 1 rings (SSSR count). The van der Waals surface area contributed by atoms with Crippen LogP contribution in [-0.2, 0) is 16.0 Å². The second-order valence-corrected chi connectivity index (χ2v) is 2.92. The predicted octanol–water partition coefficient (Wildman–Crippen LogP) is 1.41. The molecule has 1 aromatic rings. The average Bonchev–Trinajstić information content (AvgIpc) is 2.01. The van der Waals surface area contributed by atoms with E-state index in [2.05, 4.69) is 0 Å². The van der Waals surface area contributed by atoms with Gasteiger partial charge in [0.2, 0.25) is 0 Å². The summed E-state index contributed by atoms with van der Waals surface area (Å²) in [7, 11) is 0. The first-order chi connectivity index (χ1) is 6.58. The Bertz CT molecular complexity index is 360. The molecule has 0 aliphatic rings. The molecule has 3 nitrogen and oxygen atoms in total. The van der Waals surface area contributed by atoms with Gasteiger partial charge in [0.05, 0.1) is 0 Å². The van der Waals surface area contributed by atoms with Crippen LogP contribution in [0.15, 0.2) is 24.3 Å². The lowest BCUT2D eigenvalue weighted by Gasteiger charge is -1.98. The highest BCUT2D eigenvalue weighted by Crippen LogP contribution is 2.05. The van der Waals surface area contributed by atoms with E-state index < -0.39 is 24.0 Å². The van der Waals surface area contributed by atoms with Crippen LogP contribution in [0.5, 0.6) is 0 Å². The molecular formula is C10H9FO3. The van der Waals surface area contributed by atoms with Crippen molar-refractivity contribution in [2.24, 2.45) is 0 Å². The van der Waals surface area contributed by atoms with Crippen LogP contribution < -0.4 is 0 Å². The minimum absolute atomic E-state index is 0.0376. The summed E-state index contributed by atoms with van der Waals surface area (Å²) in [6, 6.07) is 5.56. The third-order valence-electron chi connectivity index (χ3n) is 1.64. The van der Waals surface area contributed by atoms with Gasteiger partial charge >= 0.3 is 5.97 Å². The molecule has 1 aromatic carbocycles. The van der Waals surface area contributed by atoms with Crippen LogP contribution in [0.25, 0.3) is 0 Å². The third-order valence-corrected chi connectivity index (χ3v) is 1.64. The van der Waals surface area contributed by atoms with Gasteiger partial charge in [-0.25, -0.2) is 4.39 Å². The summed E-state index contributed by atoms with van der Waals surface area (Å²) in [6.45, 7) is 0. The number of hydrogen-bond acceptors (Lipinski definition) is 2. The monoisotopic (exact) mass is 196 g/mol. The minimum Gasteiger partial charge on any atom is -0.481 e. The van der Waals surface area contributed by atoms with Gasteiger partial charge in [0.1, 0.15) is 18.0 Å². The summed E-state index contributed by atoms with van der Waals surface area (Å²) in [4.78, 5) is 21.2. The fourth-order valence-electron chi connectivity index (χ4n) is 1.11. The SMILES string of the molecule is O=C(O)CC(=O)Cc1cccc(F)c1. The Morgan fingerprint density at radius 1 is 1.36 bits per heavy atom. The minimum atomic E-state index is -1.16. The fourth-order valence-corrected chi connectivity index (χ4v) is 1.11. The Balaban J connectivity index is 2.60. The molecule has 0 aromatic heterocycles. The molecule has 14 heavy (non-hydrogen) atoms. The normalized spacial score (nSPS) is 9.79. The molecule has 0 saturated heterocycles. The van der Waals surface area contributed by atoms with Gasteiger partial charge in [0.15, 0.2) is 0 Å². The van der Waals surface area contributed by atoms with E-state index in [1.54, 1.807) is 6.07 Å². The fraction of sp³-hybridized carbons (Fsp3) is 0.200. The van der Waals surface area contributed by atoms with Crippen molar-refractivity contribution in [3.8, 4) is 0 Å². The number of ketones is 1. The second kappa shape index (κ2) is 4.50. The second-order valence-electron chi connectivity index (χ2n) is 2.92. The molecule has 0 fully saturated rings. The molecule has 0 saturated carbocycles. The van der Waals surface area contributed by atoms with Crippen LogP contribution in [0.3, 0.4) is 0 Å². The number of Topliss-reactive ketones (excluding diaryl/α,β-unsaturated/α-hetero) is 1. The molecule has 0 radical (unpaired) electrons.